The Bertz CT molecular complexity index is 1090. The van der Waals surface area contributed by atoms with Crippen LogP contribution in [-0.2, 0) is 0 Å². The monoisotopic (exact) mass is 356 g/mol. The predicted octanol–water partition coefficient (Wildman–Crippen LogP) is 4.59. The predicted molar refractivity (Wildman–Crippen MR) is 108 cm³/mol. The van der Waals surface area contributed by atoms with E-state index in [1.54, 1.807) is 6.20 Å². The summed E-state index contributed by atoms with van der Waals surface area (Å²) in [5.74, 6) is 0.710. The van der Waals surface area contributed by atoms with Crippen LogP contribution in [0.4, 0.5) is 0 Å². The van der Waals surface area contributed by atoms with E-state index in [2.05, 4.69) is 10.3 Å². The lowest BCUT2D eigenvalue weighted by atomic mass is 10.1. The van der Waals surface area contributed by atoms with E-state index < -0.39 is 0 Å². The van der Waals surface area contributed by atoms with E-state index in [1.165, 1.54) is 0 Å². The molecule has 0 saturated carbocycles. The third-order valence-electron chi connectivity index (χ3n) is 4.47. The summed E-state index contributed by atoms with van der Waals surface area (Å²) >= 11 is 0. The summed E-state index contributed by atoms with van der Waals surface area (Å²) in [5, 5.41) is 6.21. The van der Waals surface area contributed by atoms with E-state index in [0.29, 0.717) is 18.7 Å². The molecule has 0 radical (unpaired) electrons. The fraction of sp³-hybridized carbons (Fsp3) is 0.130. The van der Waals surface area contributed by atoms with Crippen molar-refractivity contribution >= 4 is 27.6 Å². The fourth-order valence-corrected chi connectivity index (χ4v) is 3.08. The van der Waals surface area contributed by atoms with E-state index in [4.69, 9.17) is 4.74 Å². The van der Waals surface area contributed by atoms with Crippen LogP contribution < -0.4 is 10.1 Å². The van der Waals surface area contributed by atoms with Crippen molar-refractivity contribution in [3.05, 3.63) is 84.6 Å². The molecule has 0 saturated heterocycles. The first-order valence-electron chi connectivity index (χ1n) is 9.05. The van der Waals surface area contributed by atoms with Gasteiger partial charge in [0.15, 0.2) is 0 Å². The van der Waals surface area contributed by atoms with Crippen molar-refractivity contribution in [3.63, 3.8) is 0 Å². The summed E-state index contributed by atoms with van der Waals surface area (Å²) < 4.78 is 5.85. The zero-order valence-corrected chi connectivity index (χ0v) is 14.9. The van der Waals surface area contributed by atoms with E-state index in [1.807, 2.05) is 72.8 Å². The Morgan fingerprint density at radius 3 is 2.63 bits per heavy atom. The lowest BCUT2D eigenvalue weighted by Gasteiger charge is -2.09. The van der Waals surface area contributed by atoms with Crippen LogP contribution in [-0.4, -0.2) is 24.0 Å². The minimum atomic E-state index is -0.0624. The third kappa shape index (κ3) is 3.90. The maximum atomic E-state index is 12.3. The van der Waals surface area contributed by atoms with Crippen LogP contribution in [0.15, 0.2) is 79.0 Å². The van der Waals surface area contributed by atoms with Crippen molar-refractivity contribution in [1.82, 2.24) is 10.3 Å². The molecule has 0 aliphatic carbocycles. The first-order chi connectivity index (χ1) is 13.3. The number of para-hydroxylation sites is 1. The molecule has 1 heterocycles. The summed E-state index contributed by atoms with van der Waals surface area (Å²) in [6.07, 6.45) is 2.49. The summed E-state index contributed by atoms with van der Waals surface area (Å²) in [7, 11) is 0. The Balaban J connectivity index is 1.30. The van der Waals surface area contributed by atoms with Crippen LogP contribution in [0.1, 0.15) is 16.8 Å². The minimum absolute atomic E-state index is 0.0624. The fourth-order valence-electron chi connectivity index (χ4n) is 3.08. The lowest BCUT2D eigenvalue weighted by molar-refractivity contribution is 0.0951. The van der Waals surface area contributed by atoms with Gasteiger partial charge >= 0.3 is 0 Å². The van der Waals surface area contributed by atoms with Crippen molar-refractivity contribution in [1.29, 1.82) is 0 Å². The second-order valence-electron chi connectivity index (χ2n) is 6.35. The van der Waals surface area contributed by atoms with Gasteiger partial charge in [0.25, 0.3) is 5.91 Å². The van der Waals surface area contributed by atoms with Gasteiger partial charge in [-0.15, -0.1) is 0 Å². The molecule has 0 aliphatic heterocycles. The SMILES string of the molecule is O=C(NCCCOc1cccc2cccnc12)c1ccc2ccccc2c1. The van der Waals surface area contributed by atoms with Crippen molar-refractivity contribution in [2.45, 2.75) is 6.42 Å². The maximum Gasteiger partial charge on any atom is 0.251 e. The normalized spacial score (nSPS) is 10.8. The van der Waals surface area contributed by atoms with Gasteiger partial charge < -0.3 is 10.1 Å². The van der Waals surface area contributed by atoms with E-state index in [9.17, 15) is 4.79 Å². The molecule has 1 aromatic heterocycles. The number of carbonyl (C=O) groups is 1. The Morgan fingerprint density at radius 1 is 0.889 bits per heavy atom. The molecule has 4 heteroatoms. The Labute approximate surface area is 157 Å². The molecule has 0 unspecified atom stereocenters. The number of rotatable bonds is 6. The van der Waals surface area contributed by atoms with Crippen LogP contribution in [0.3, 0.4) is 0 Å². The number of amides is 1. The molecule has 0 fully saturated rings. The van der Waals surface area contributed by atoms with Crippen LogP contribution >= 0.6 is 0 Å². The molecular weight excluding hydrogens is 336 g/mol. The number of aromatic nitrogens is 1. The maximum absolute atomic E-state index is 12.3. The summed E-state index contributed by atoms with van der Waals surface area (Å²) in [6.45, 7) is 1.08. The summed E-state index contributed by atoms with van der Waals surface area (Å²) in [4.78, 5) is 16.7. The highest BCUT2D eigenvalue weighted by Gasteiger charge is 2.06. The first kappa shape index (κ1) is 17.0. The Kier molecular flexibility index (Phi) is 4.97. The molecule has 0 atom stereocenters. The molecule has 0 spiro atoms. The first-order valence-corrected chi connectivity index (χ1v) is 9.05. The highest BCUT2D eigenvalue weighted by Crippen LogP contribution is 2.22. The van der Waals surface area contributed by atoms with Gasteiger partial charge in [-0.2, -0.15) is 0 Å². The van der Waals surface area contributed by atoms with Gasteiger partial charge in [-0.25, -0.2) is 0 Å². The van der Waals surface area contributed by atoms with Crippen LogP contribution in [0, 0.1) is 0 Å². The quantitative estimate of drug-likeness (QED) is 0.514. The second-order valence-corrected chi connectivity index (χ2v) is 6.35. The van der Waals surface area contributed by atoms with Crippen molar-refractivity contribution in [3.8, 4) is 5.75 Å². The molecule has 1 N–H and O–H groups in total. The van der Waals surface area contributed by atoms with Crippen molar-refractivity contribution in [2.75, 3.05) is 13.2 Å². The van der Waals surface area contributed by atoms with Gasteiger partial charge in [0.1, 0.15) is 11.3 Å². The zero-order valence-electron chi connectivity index (χ0n) is 14.9. The number of ether oxygens (including phenoxy) is 1. The molecular formula is C23H20N2O2. The number of nitrogens with zero attached hydrogens (tertiary/aromatic N) is 1. The van der Waals surface area contributed by atoms with Crippen molar-refractivity contribution in [2.24, 2.45) is 0 Å². The molecule has 4 aromatic rings. The van der Waals surface area contributed by atoms with Crippen LogP contribution in [0.5, 0.6) is 5.75 Å². The lowest BCUT2D eigenvalue weighted by Crippen LogP contribution is -2.25. The molecule has 1 amide bonds. The molecule has 0 bridgehead atoms. The molecule has 134 valence electrons. The second kappa shape index (κ2) is 7.87. The number of carbonyl (C=O) groups excluding carboxylic acids is 1. The van der Waals surface area contributed by atoms with Gasteiger partial charge in [0, 0.05) is 23.7 Å². The van der Waals surface area contributed by atoms with Gasteiger partial charge in [-0.3, -0.25) is 9.78 Å². The number of benzene rings is 3. The Morgan fingerprint density at radius 2 is 1.70 bits per heavy atom. The van der Waals surface area contributed by atoms with Gasteiger partial charge in [0.05, 0.1) is 6.61 Å². The molecule has 27 heavy (non-hydrogen) atoms. The van der Waals surface area contributed by atoms with E-state index >= 15 is 0 Å². The topological polar surface area (TPSA) is 51.2 Å². The van der Waals surface area contributed by atoms with E-state index in [0.717, 1.165) is 33.8 Å². The summed E-state index contributed by atoms with van der Waals surface area (Å²) in [5.41, 5.74) is 1.54. The van der Waals surface area contributed by atoms with Gasteiger partial charge in [0.2, 0.25) is 0 Å². The minimum Gasteiger partial charge on any atom is -0.491 e. The number of nitrogens with one attached hydrogen (secondary N) is 1. The average Bonchev–Trinajstić information content (AvgIpc) is 2.73. The standard InChI is InChI=1S/C23H20N2O2/c26-23(20-12-11-17-6-1-2-7-19(17)16-20)25-14-5-15-27-21-10-3-8-18-9-4-13-24-22(18)21/h1-4,6-13,16H,5,14-15H2,(H,25,26). The summed E-state index contributed by atoms with van der Waals surface area (Å²) in [6, 6.07) is 23.6. The molecule has 0 aliphatic rings. The molecule has 4 nitrogen and oxygen atoms in total. The smallest absolute Gasteiger partial charge is 0.251 e. The van der Waals surface area contributed by atoms with Gasteiger partial charge in [-0.1, -0.05) is 48.5 Å². The molecule has 3 aromatic carbocycles. The zero-order chi connectivity index (χ0) is 18.5. The van der Waals surface area contributed by atoms with E-state index in [-0.39, 0.29) is 5.91 Å². The largest absolute Gasteiger partial charge is 0.491 e. The van der Waals surface area contributed by atoms with Crippen LogP contribution in [0.25, 0.3) is 21.7 Å². The Hall–Kier alpha value is -3.40. The highest BCUT2D eigenvalue weighted by molar-refractivity contribution is 5.98. The van der Waals surface area contributed by atoms with Crippen molar-refractivity contribution < 1.29 is 9.53 Å². The average molecular weight is 356 g/mol. The number of hydrogen-bond acceptors (Lipinski definition) is 3. The third-order valence-corrected chi connectivity index (χ3v) is 4.47. The highest BCUT2D eigenvalue weighted by atomic mass is 16.5. The number of fused-ring (bicyclic) bond motifs is 2. The van der Waals surface area contributed by atoms with Crippen LogP contribution in [0.2, 0.25) is 0 Å². The number of hydrogen-bond donors (Lipinski definition) is 1. The number of pyridine rings is 1. The van der Waals surface area contributed by atoms with Gasteiger partial charge in [-0.05, 0) is 41.5 Å². The molecule has 4 rings (SSSR count).